The summed E-state index contributed by atoms with van der Waals surface area (Å²) >= 11 is 0. The lowest BCUT2D eigenvalue weighted by molar-refractivity contribution is -0.337. The van der Waals surface area contributed by atoms with Crippen LogP contribution in [-0.2, 0) is 19.0 Å². The van der Waals surface area contributed by atoms with Crippen molar-refractivity contribution in [3.63, 3.8) is 0 Å². The molecule has 32 heavy (non-hydrogen) atoms. The normalized spacial score (nSPS) is 40.2. The van der Waals surface area contributed by atoms with Crippen LogP contribution in [0.3, 0.4) is 0 Å². The minimum absolute atomic E-state index is 0.433. The minimum Gasteiger partial charge on any atom is -0.508 e. The van der Waals surface area contributed by atoms with E-state index in [0.717, 1.165) is 12.1 Å². The Labute approximate surface area is 179 Å². The van der Waals surface area contributed by atoms with Crippen molar-refractivity contribution in [2.24, 2.45) is 0 Å². The molecule has 10 atom stereocenters. The Bertz CT molecular complexity index is 809. The molecule has 1 aromatic carbocycles. The van der Waals surface area contributed by atoms with Gasteiger partial charge < -0.3 is 65.3 Å². The number of aromatic hydroxyl groups is 3. The zero-order valence-corrected chi connectivity index (χ0v) is 16.2. The van der Waals surface area contributed by atoms with E-state index in [-0.39, 0.29) is 0 Å². The van der Waals surface area contributed by atoms with Crippen LogP contribution in [0.2, 0.25) is 0 Å². The molecule has 0 radical (unpaired) electrons. The number of benzene rings is 1. The summed E-state index contributed by atoms with van der Waals surface area (Å²) < 4.78 is 15.9. The molecule has 0 amide bonds. The van der Waals surface area contributed by atoms with Gasteiger partial charge in [0.25, 0.3) is 0 Å². The average molecular weight is 464 g/mol. The van der Waals surface area contributed by atoms with Crippen molar-refractivity contribution < 1.29 is 70.1 Å². The zero-order valence-electron chi connectivity index (χ0n) is 16.2. The van der Waals surface area contributed by atoms with E-state index in [4.69, 9.17) is 19.3 Å². The van der Waals surface area contributed by atoms with Crippen LogP contribution in [-0.4, -0.2) is 119 Å². The first-order valence-electron chi connectivity index (χ1n) is 9.43. The predicted molar refractivity (Wildman–Crippen MR) is 97.3 cm³/mol. The third-order valence-corrected chi connectivity index (χ3v) is 5.38. The second-order valence-corrected chi connectivity index (χ2v) is 7.49. The smallest absolute Gasteiger partial charge is 0.335 e. The Kier molecular flexibility index (Phi) is 7.09. The van der Waals surface area contributed by atoms with Crippen LogP contribution in [0, 0.1) is 0 Å². The molecular weight excluding hydrogens is 440 g/mol. The summed E-state index contributed by atoms with van der Waals surface area (Å²) in [5.41, 5.74) is -0.433. The number of aliphatic hydroxyl groups is 6. The molecule has 0 bridgehead atoms. The molecule has 0 saturated carbocycles. The highest BCUT2D eigenvalue weighted by atomic mass is 16.7. The number of carboxylic acids is 1. The molecule has 2 saturated heterocycles. The molecule has 2 aliphatic rings. The van der Waals surface area contributed by atoms with Gasteiger partial charge in [-0.3, -0.25) is 0 Å². The maximum atomic E-state index is 11.3. The van der Waals surface area contributed by atoms with Gasteiger partial charge in [0.1, 0.15) is 66.1 Å². The van der Waals surface area contributed by atoms with E-state index in [1.54, 1.807) is 0 Å². The predicted octanol–water partition coefficient (Wildman–Crippen LogP) is -3.77. The minimum atomic E-state index is -2.03. The van der Waals surface area contributed by atoms with Gasteiger partial charge in [-0.15, -0.1) is 0 Å². The largest absolute Gasteiger partial charge is 0.508 e. The lowest BCUT2D eigenvalue weighted by Crippen LogP contribution is -2.63. The molecule has 2 fully saturated rings. The van der Waals surface area contributed by atoms with E-state index < -0.39 is 96.6 Å². The van der Waals surface area contributed by atoms with Crippen molar-refractivity contribution in [1.82, 2.24) is 0 Å². The average Bonchev–Trinajstić information content (AvgIpc) is 2.71. The molecule has 0 aromatic heterocycles. The van der Waals surface area contributed by atoms with Crippen molar-refractivity contribution in [2.45, 2.75) is 61.2 Å². The molecule has 10 N–H and O–H groups in total. The van der Waals surface area contributed by atoms with Gasteiger partial charge >= 0.3 is 5.97 Å². The fraction of sp³-hybridized carbons (Fsp3) is 0.611. The van der Waals surface area contributed by atoms with Crippen molar-refractivity contribution in [3.05, 3.63) is 17.7 Å². The van der Waals surface area contributed by atoms with E-state index in [1.165, 1.54) is 0 Å². The number of hydrogen-bond acceptors (Lipinski definition) is 13. The second-order valence-electron chi connectivity index (χ2n) is 7.49. The zero-order chi connectivity index (χ0) is 23.9. The molecule has 2 heterocycles. The number of hydrogen-bond donors (Lipinski definition) is 10. The number of carbonyl (C=O) groups is 1. The highest BCUT2D eigenvalue weighted by molar-refractivity contribution is 5.73. The van der Waals surface area contributed by atoms with E-state index >= 15 is 0 Å². The Balaban J connectivity index is 1.98. The molecule has 14 nitrogen and oxygen atoms in total. The molecule has 3 rings (SSSR count). The fourth-order valence-corrected chi connectivity index (χ4v) is 3.69. The summed E-state index contributed by atoms with van der Waals surface area (Å²) in [5.74, 6) is -3.65. The van der Waals surface area contributed by atoms with Gasteiger partial charge in [0.05, 0.1) is 12.2 Å². The van der Waals surface area contributed by atoms with Crippen LogP contribution in [0.1, 0.15) is 11.7 Å². The van der Waals surface area contributed by atoms with Gasteiger partial charge in [0.2, 0.25) is 0 Å². The number of rotatable bonds is 5. The molecule has 2 aliphatic heterocycles. The van der Waals surface area contributed by atoms with Gasteiger partial charge in [0.15, 0.2) is 12.4 Å². The van der Waals surface area contributed by atoms with Crippen molar-refractivity contribution in [2.75, 3.05) is 6.61 Å². The van der Waals surface area contributed by atoms with E-state index in [2.05, 4.69) is 0 Å². The summed E-state index contributed by atoms with van der Waals surface area (Å²) in [6, 6.07) is 1.65. The summed E-state index contributed by atoms with van der Waals surface area (Å²) in [6.45, 7) is -0.796. The van der Waals surface area contributed by atoms with Crippen molar-refractivity contribution in [3.8, 4) is 17.2 Å². The third-order valence-electron chi connectivity index (χ3n) is 5.38. The Morgan fingerprint density at radius 1 is 0.875 bits per heavy atom. The lowest BCUT2D eigenvalue weighted by Gasteiger charge is -2.46. The lowest BCUT2D eigenvalue weighted by atomic mass is 9.89. The number of aliphatic carboxylic acids is 1. The monoisotopic (exact) mass is 464 g/mol. The van der Waals surface area contributed by atoms with Crippen LogP contribution in [0.25, 0.3) is 0 Å². The molecular formula is C18H24O14. The molecule has 0 aliphatic carbocycles. The third kappa shape index (κ3) is 4.32. The maximum absolute atomic E-state index is 11.3. The summed E-state index contributed by atoms with van der Waals surface area (Å²) in [7, 11) is 0. The van der Waals surface area contributed by atoms with Gasteiger partial charge in [-0.2, -0.15) is 0 Å². The number of phenolic OH excluding ortho intramolecular Hbond substituents is 3. The van der Waals surface area contributed by atoms with Crippen LogP contribution in [0.15, 0.2) is 12.1 Å². The number of phenols is 3. The van der Waals surface area contributed by atoms with Gasteiger partial charge in [-0.05, 0) is 0 Å². The topological polar surface area (TPSA) is 247 Å². The first-order valence-corrected chi connectivity index (χ1v) is 9.43. The van der Waals surface area contributed by atoms with Crippen LogP contribution < -0.4 is 0 Å². The molecule has 0 unspecified atom stereocenters. The van der Waals surface area contributed by atoms with E-state index in [9.17, 15) is 50.8 Å². The van der Waals surface area contributed by atoms with Gasteiger partial charge in [0, 0.05) is 12.1 Å². The van der Waals surface area contributed by atoms with Gasteiger partial charge in [-0.25, -0.2) is 4.79 Å². The maximum Gasteiger partial charge on any atom is 0.335 e. The highest BCUT2D eigenvalue weighted by Gasteiger charge is 2.52. The van der Waals surface area contributed by atoms with Crippen LogP contribution >= 0.6 is 0 Å². The fourth-order valence-electron chi connectivity index (χ4n) is 3.69. The van der Waals surface area contributed by atoms with Gasteiger partial charge in [-0.1, -0.05) is 0 Å². The highest BCUT2D eigenvalue weighted by Crippen LogP contribution is 2.44. The van der Waals surface area contributed by atoms with E-state index in [1.807, 2.05) is 0 Å². The van der Waals surface area contributed by atoms with E-state index in [0.29, 0.717) is 0 Å². The first-order chi connectivity index (χ1) is 15.0. The summed E-state index contributed by atoms with van der Waals surface area (Å²) in [4.78, 5) is 11.3. The molecule has 14 heteroatoms. The van der Waals surface area contributed by atoms with Crippen LogP contribution in [0.4, 0.5) is 0 Å². The standard InChI is InChI=1S/C18H24O14/c19-3-7-9(23)11(25)15(14(30-7)8-5(21)1-4(20)2-6(8)22)31-18-13(27)10(24)12(26)16(32-18)17(28)29/h1-2,7,9-16,18-27H,3H2,(H,28,29)/t7-,9-,10+,11+,12+,13-,14+,15-,16+,18-/m1/s1. The summed E-state index contributed by atoms with van der Waals surface area (Å²) in [5, 5.41) is 99.3. The molecule has 180 valence electrons. The second kappa shape index (κ2) is 9.30. The molecule has 1 aromatic rings. The quantitative estimate of drug-likeness (QED) is 0.201. The Hall–Kier alpha value is -2.27. The Morgan fingerprint density at radius 3 is 2.00 bits per heavy atom. The summed E-state index contributed by atoms with van der Waals surface area (Å²) in [6.07, 6.45) is -18.6. The first kappa shape index (κ1) is 24.4. The number of ether oxygens (including phenoxy) is 3. The van der Waals surface area contributed by atoms with Crippen LogP contribution in [0.5, 0.6) is 17.2 Å². The van der Waals surface area contributed by atoms with Crippen molar-refractivity contribution in [1.29, 1.82) is 0 Å². The number of aliphatic hydroxyl groups excluding tert-OH is 6. The number of carboxylic acid groups (broad SMARTS) is 1. The molecule has 0 spiro atoms. The van der Waals surface area contributed by atoms with Crippen molar-refractivity contribution >= 4 is 5.97 Å². The SMILES string of the molecule is O=C(O)[C@H]1O[C@@H](O[C@@H]2[C@@H](O)[C@H](O)[C@@H](CO)O[C@H]2c2c(O)cc(O)cc2O)[C@H](O)[C@@H](O)[C@@H]1O. The Morgan fingerprint density at radius 2 is 1.47 bits per heavy atom.